The van der Waals surface area contributed by atoms with Gasteiger partial charge in [-0.15, -0.1) is 0 Å². The van der Waals surface area contributed by atoms with Crippen molar-refractivity contribution in [2.75, 3.05) is 18.0 Å². The second kappa shape index (κ2) is 4.37. The largest absolute Gasteiger partial charge is 0.388 e. The number of aliphatic hydroxyl groups is 1. The summed E-state index contributed by atoms with van der Waals surface area (Å²) in [5, 5.41) is 10.0. The summed E-state index contributed by atoms with van der Waals surface area (Å²) in [4.78, 5) is 10.6. The van der Waals surface area contributed by atoms with Gasteiger partial charge < -0.3 is 10.0 Å². The zero-order valence-corrected chi connectivity index (χ0v) is 9.98. The van der Waals surface area contributed by atoms with E-state index in [1.165, 1.54) is 0 Å². The molecule has 1 atom stereocenters. The van der Waals surface area contributed by atoms with Gasteiger partial charge in [-0.25, -0.2) is 9.97 Å². The SMILES string of the molecule is CCc1cc(N2CCCC(C)(O)C2)ncn1. The zero-order valence-electron chi connectivity index (χ0n) is 9.98. The van der Waals surface area contributed by atoms with E-state index in [0.29, 0.717) is 6.54 Å². The van der Waals surface area contributed by atoms with Gasteiger partial charge in [0.15, 0.2) is 0 Å². The first-order valence-corrected chi connectivity index (χ1v) is 5.89. The predicted octanol–water partition coefficient (Wildman–Crippen LogP) is 1.39. The van der Waals surface area contributed by atoms with E-state index < -0.39 is 5.60 Å². The molecule has 1 unspecified atom stereocenters. The molecule has 1 aromatic heterocycles. The summed E-state index contributed by atoms with van der Waals surface area (Å²) in [5.74, 6) is 0.937. The minimum Gasteiger partial charge on any atom is -0.388 e. The number of nitrogens with zero attached hydrogens (tertiary/aromatic N) is 3. The Labute approximate surface area is 96.3 Å². The summed E-state index contributed by atoms with van der Waals surface area (Å²) in [7, 11) is 0. The molecule has 0 amide bonds. The second-order valence-electron chi connectivity index (χ2n) is 4.74. The molecule has 1 N–H and O–H groups in total. The highest BCUT2D eigenvalue weighted by molar-refractivity contribution is 5.40. The molecular formula is C12H19N3O. The van der Waals surface area contributed by atoms with Gasteiger partial charge >= 0.3 is 0 Å². The monoisotopic (exact) mass is 221 g/mol. The number of piperidine rings is 1. The first kappa shape index (κ1) is 11.3. The molecule has 0 spiro atoms. The molecule has 1 aromatic rings. The minimum atomic E-state index is -0.588. The van der Waals surface area contributed by atoms with Crippen molar-refractivity contribution in [1.82, 2.24) is 9.97 Å². The third kappa shape index (κ3) is 2.50. The summed E-state index contributed by atoms with van der Waals surface area (Å²) in [5.41, 5.74) is 0.463. The lowest BCUT2D eigenvalue weighted by molar-refractivity contribution is 0.0447. The lowest BCUT2D eigenvalue weighted by Crippen LogP contribution is -2.46. The third-order valence-corrected chi connectivity index (χ3v) is 3.07. The van der Waals surface area contributed by atoms with Gasteiger partial charge in [0, 0.05) is 24.8 Å². The molecule has 1 aliphatic rings. The van der Waals surface area contributed by atoms with Gasteiger partial charge in [-0.05, 0) is 26.2 Å². The lowest BCUT2D eigenvalue weighted by atomic mass is 9.95. The average Bonchev–Trinajstić information content (AvgIpc) is 2.28. The first-order valence-electron chi connectivity index (χ1n) is 5.89. The van der Waals surface area contributed by atoms with Crippen molar-refractivity contribution in [3.8, 4) is 0 Å². The Bertz CT molecular complexity index is 365. The summed E-state index contributed by atoms with van der Waals surface area (Å²) < 4.78 is 0. The lowest BCUT2D eigenvalue weighted by Gasteiger charge is -2.37. The van der Waals surface area contributed by atoms with Crippen molar-refractivity contribution < 1.29 is 5.11 Å². The molecule has 0 bridgehead atoms. The number of hydrogen-bond donors (Lipinski definition) is 1. The molecule has 2 heterocycles. The van der Waals surface area contributed by atoms with Crippen LogP contribution in [0.3, 0.4) is 0 Å². The highest BCUT2D eigenvalue weighted by atomic mass is 16.3. The van der Waals surface area contributed by atoms with Crippen molar-refractivity contribution in [2.45, 2.75) is 38.7 Å². The number of anilines is 1. The number of hydrogen-bond acceptors (Lipinski definition) is 4. The van der Waals surface area contributed by atoms with Crippen LogP contribution in [0.15, 0.2) is 12.4 Å². The van der Waals surface area contributed by atoms with Gasteiger partial charge in [-0.3, -0.25) is 0 Å². The highest BCUT2D eigenvalue weighted by Crippen LogP contribution is 2.24. The minimum absolute atomic E-state index is 0.588. The van der Waals surface area contributed by atoms with E-state index in [2.05, 4.69) is 21.8 Å². The topological polar surface area (TPSA) is 49.2 Å². The van der Waals surface area contributed by atoms with E-state index in [-0.39, 0.29) is 0 Å². The Hall–Kier alpha value is -1.16. The molecule has 0 aromatic carbocycles. The predicted molar refractivity (Wildman–Crippen MR) is 63.5 cm³/mol. The van der Waals surface area contributed by atoms with Gasteiger partial charge in [0.25, 0.3) is 0 Å². The molecule has 16 heavy (non-hydrogen) atoms. The van der Waals surface area contributed by atoms with Gasteiger partial charge in [0.1, 0.15) is 12.1 Å². The van der Waals surface area contributed by atoms with Crippen molar-refractivity contribution in [2.24, 2.45) is 0 Å². The summed E-state index contributed by atoms with van der Waals surface area (Å²) in [6.07, 6.45) is 4.41. The first-order chi connectivity index (χ1) is 7.61. The molecule has 0 aliphatic carbocycles. The van der Waals surface area contributed by atoms with Crippen LogP contribution in [-0.2, 0) is 6.42 Å². The normalized spacial score (nSPS) is 25.8. The molecule has 1 aliphatic heterocycles. The molecule has 4 nitrogen and oxygen atoms in total. The molecule has 1 fully saturated rings. The number of rotatable bonds is 2. The van der Waals surface area contributed by atoms with Crippen LogP contribution in [0.2, 0.25) is 0 Å². The van der Waals surface area contributed by atoms with Crippen molar-refractivity contribution in [1.29, 1.82) is 0 Å². The van der Waals surface area contributed by atoms with E-state index in [1.54, 1.807) is 6.33 Å². The Morgan fingerprint density at radius 3 is 3.00 bits per heavy atom. The van der Waals surface area contributed by atoms with Gasteiger partial charge in [0.05, 0.1) is 5.60 Å². The fourth-order valence-electron chi connectivity index (χ4n) is 2.17. The smallest absolute Gasteiger partial charge is 0.132 e. The van der Waals surface area contributed by atoms with Gasteiger partial charge in [0.2, 0.25) is 0 Å². The molecule has 88 valence electrons. The fourth-order valence-corrected chi connectivity index (χ4v) is 2.17. The van der Waals surface area contributed by atoms with E-state index in [0.717, 1.165) is 37.3 Å². The van der Waals surface area contributed by atoms with E-state index in [4.69, 9.17) is 0 Å². The molecule has 2 rings (SSSR count). The Balaban J connectivity index is 2.16. The third-order valence-electron chi connectivity index (χ3n) is 3.07. The summed E-state index contributed by atoms with van der Waals surface area (Å²) in [6.45, 7) is 5.60. The van der Waals surface area contributed by atoms with Crippen LogP contribution in [-0.4, -0.2) is 33.8 Å². The maximum Gasteiger partial charge on any atom is 0.132 e. The van der Waals surface area contributed by atoms with E-state index >= 15 is 0 Å². The van der Waals surface area contributed by atoms with Crippen LogP contribution in [0.4, 0.5) is 5.82 Å². The molecule has 0 radical (unpaired) electrons. The number of aromatic nitrogens is 2. The van der Waals surface area contributed by atoms with Crippen molar-refractivity contribution in [3.05, 3.63) is 18.1 Å². The van der Waals surface area contributed by atoms with Crippen LogP contribution in [0.25, 0.3) is 0 Å². The highest BCUT2D eigenvalue weighted by Gasteiger charge is 2.28. The van der Waals surface area contributed by atoms with Crippen molar-refractivity contribution >= 4 is 5.82 Å². The Morgan fingerprint density at radius 2 is 2.31 bits per heavy atom. The van der Waals surface area contributed by atoms with Crippen LogP contribution in [0.5, 0.6) is 0 Å². The molecular weight excluding hydrogens is 202 g/mol. The van der Waals surface area contributed by atoms with E-state index in [9.17, 15) is 5.11 Å². The fraction of sp³-hybridized carbons (Fsp3) is 0.667. The van der Waals surface area contributed by atoms with Gasteiger partial charge in [-0.1, -0.05) is 6.92 Å². The summed E-state index contributed by atoms with van der Waals surface area (Å²) in [6, 6.07) is 2.02. The van der Waals surface area contributed by atoms with Crippen LogP contribution < -0.4 is 4.90 Å². The molecule has 0 saturated carbocycles. The maximum absolute atomic E-state index is 10.0. The summed E-state index contributed by atoms with van der Waals surface area (Å²) >= 11 is 0. The zero-order chi connectivity index (χ0) is 11.6. The standard InChI is InChI=1S/C12H19N3O/c1-3-10-7-11(14-9-13-10)15-6-4-5-12(2,16)8-15/h7,9,16H,3-6,8H2,1-2H3. The quantitative estimate of drug-likeness (QED) is 0.820. The van der Waals surface area contributed by atoms with Gasteiger partial charge in [-0.2, -0.15) is 0 Å². The van der Waals surface area contributed by atoms with E-state index in [1.807, 2.05) is 13.0 Å². The Morgan fingerprint density at radius 1 is 1.50 bits per heavy atom. The Kier molecular flexibility index (Phi) is 3.10. The average molecular weight is 221 g/mol. The van der Waals surface area contributed by atoms with Crippen LogP contribution in [0, 0.1) is 0 Å². The molecule has 4 heteroatoms. The van der Waals surface area contributed by atoms with Crippen LogP contribution >= 0.6 is 0 Å². The number of β-amino-alcohol motifs (C(OH)–C–C–N with tert-alkyl or cyclic N) is 1. The van der Waals surface area contributed by atoms with Crippen molar-refractivity contribution in [3.63, 3.8) is 0 Å². The number of aryl methyl sites for hydroxylation is 1. The van der Waals surface area contributed by atoms with Crippen LogP contribution in [0.1, 0.15) is 32.4 Å². The molecule has 1 saturated heterocycles. The second-order valence-corrected chi connectivity index (χ2v) is 4.74. The maximum atomic E-state index is 10.0.